The maximum atomic E-state index is 13.4. The summed E-state index contributed by atoms with van der Waals surface area (Å²) in [7, 11) is 0. The third kappa shape index (κ3) is 2.97. The van der Waals surface area contributed by atoms with Crippen molar-refractivity contribution in [3.05, 3.63) is 58.9 Å². The molecule has 0 aliphatic rings. The summed E-state index contributed by atoms with van der Waals surface area (Å²) in [4.78, 5) is 11.7. The van der Waals surface area contributed by atoms with Crippen LogP contribution in [0, 0.1) is 12.7 Å². The number of rotatable bonds is 2. The Bertz CT molecular complexity index is 697. The van der Waals surface area contributed by atoms with E-state index in [4.69, 9.17) is 0 Å². The Morgan fingerprint density at radius 3 is 2.33 bits per heavy atom. The SMILES string of the molecule is Cc1cc(-c2cccc(C(C)(C)C)c2C(=O)O)ccc1F. The molecule has 0 amide bonds. The quantitative estimate of drug-likeness (QED) is 0.861. The van der Waals surface area contributed by atoms with Crippen LogP contribution in [0.1, 0.15) is 42.3 Å². The molecular formula is C18H19FO2. The third-order valence-electron chi connectivity index (χ3n) is 3.56. The maximum Gasteiger partial charge on any atom is 0.336 e. The first-order valence-electron chi connectivity index (χ1n) is 6.85. The molecule has 0 unspecified atom stereocenters. The van der Waals surface area contributed by atoms with E-state index in [0.29, 0.717) is 11.1 Å². The number of hydrogen-bond acceptors (Lipinski definition) is 1. The second-order valence-electron chi connectivity index (χ2n) is 6.25. The molecule has 0 bridgehead atoms. The van der Waals surface area contributed by atoms with Gasteiger partial charge in [-0.15, -0.1) is 0 Å². The van der Waals surface area contributed by atoms with Crippen LogP contribution in [0.25, 0.3) is 11.1 Å². The molecular weight excluding hydrogens is 267 g/mol. The number of benzene rings is 2. The Kier molecular flexibility index (Phi) is 3.86. The summed E-state index contributed by atoms with van der Waals surface area (Å²) < 4.78 is 13.4. The van der Waals surface area contributed by atoms with E-state index in [-0.39, 0.29) is 16.8 Å². The van der Waals surface area contributed by atoms with E-state index in [2.05, 4.69) is 0 Å². The molecule has 0 aliphatic carbocycles. The number of aryl methyl sites for hydroxylation is 1. The van der Waals surface area contributed by atoms with Crippen LogP contribution in [0.5, 0.6) is 0 Å². The van der Waals surface area contributed by atoms with Crippen molar-refractivity contribution >= 4 is 5.97 Å². The number of carboxylic acids is 1. The lowest BCUT2D eigenvalue weighted by molar-refractivity contribution is 0.0695. The first-order chi connectivity index (χ1) is 9.71. The van der Waals surface area contributed by atoms with Crippen LogP contribution in [-0.4, -0.2) is 11.1 Å². The fraction of sp³-hybridized carbons (Fsp3) is 0.278. The van der Waals surface area contributed by atoms with Gasteiger partial charge in [-0.05, 0) is 46.7 Å². The minimum Gasteiger partial charge on any atom is -0.478 e. The van der Waals surface area contributed by atoms with Gasteiger partial charge in [0.25, 0.3) is 0 Å². The van der Waals surface area contributed by atoms with E-state index in [1.165, 1.54) is 6.07 Å². The molecule has 2 rings (SSSR count). The Morgan fingerprint density at radius 2 is 1.81 bits per heavy atom. The average molecular weight is 286 g/mol. The lowest BCUT2D eigenvalue weighted by Crippen LogP contribution is -2.17. The van der Waals surface area contributed by atoms with Crippen molar-refractivity contribution in [2.24, 2.45) is 0 Å². The lowest BCUT2D eigenvalue weighted by atomic mass is 9.81. The molecule has 0 fully saturated rings. The van der Waals surface area contributed by atoms with Gasteiger partial charge in [0.05, 0.1) is 5.56 Å². The second kappa shape index (κ2) is 5.32. The molecule has 1 N–H and O–H groups in total. The number of halogens is 1. The van der Waals surface area contributed by atoms with Crippen molar-refractivity contribution in [1.82, 2.24) is 0 Å². The van der Waals surface area contributed by atoms with Crippen LogP contribution in [0.15, 0.2) is 36.4 Å². The molecule has 0 spiro atoms. The van der Waals surface area contributed by atoms with Crippen molar-refractivity contribution in [2.75, 3.05) is 0 Å². The molecule has 21 heavy (non-hydrogen) atoms. The van der Waals surface area contributed by atoms with E-state index in [1.54, 1.807) is 25.1 Å². The molecule has 0 saturated carbocycles. The summed E-state index contributed by atoms with van der Waals surface area (Å²) in [6.07, 6.45) is 0. The van der Waals surface area contributed by atoms with Crippen molar-refractivity contribution in [3.63, 3.8) is 0 Å². The van der Waals surface area contributed by atoms with Gasteiger partial charge in [0.15, 0.2) is 0 Å². The summed E-state index contributed by atoms with van der Waals surface area (Å²) in [5.41, 5.74) is 2.63. The molecule has 0 heterocycles. The van der Waals surface area contributed by atoms with Crippen molar-refractivity contribution in [3.8, 4) is 11.1 Å². The normalized spacial score (nSPS) is 11.5. The molecule has 110 valence electrons. The summed E-state index contributed by atoms with van der Waals surface area (Å²) in [5.74, 6) is -1.25. The van der Waals surface area contributed by atoms with Gasteiger partial charge in [0.1, 0.15) is 5.82 Å². The van der Waals surface area contributed by atoms with Gasteiger partial charge < -0.3 is 5.11 Å². The summed E-state index contributed by atoms with van der Waals surface area (Å²) in [6.45, 7) is 7.62. The monoisotopic (exact) mass is 286 g/mol. The van der Waals surface area contributed by atoms with Crippen LogP contribution in [-0.2, 0) is 5.41 Å². The largest absolute Gasteiger partial charge is 0.478 e. The smallest absolute Gasteiger partial charge is 0.336 e. The van der Waals surface area contributed by atoms with Crippen molar-refractivity contribution in [1.29, 1.82) is 0 Å². The van der Waals surface area contributed by atoms with Gasteiger partial charge in [0.2, 0.25) is 0 Å². The summed E-state index contributed by atoms with van der Waals surface area (Å²) in [6, 6.07) is 10.1. The molecule has 2 nitrogen and oxygen atoms in total. The zero-order valence-corrected chi connectivity index (χ0v) is 12.7. The zero-order valence-electron chi connectivity index (χ0n) is 12.7. The van der Waals surface area contributed by atoms with Crippen LogP contribution in [0.2, 0.25) is 0 Å². The second-order valence-corrected chi connectivity index (χ2v) is 6.25. The molecule has 2 aromatic carbocycles. The predicted octanol–water partition coefficient (Wildman–Crippen LogP) is 4.80. The van der Waals surface area contributed by atoms with E-state index in [0.717, 1.165) is 11.1 Å². The van der Waals surface area contributed by atoms with E-state index in [1.807, 2.05) is 32.9 Å². The maximum absolute atomic E-state index is 13.4. The number of aromatic carboxylic acids is 1. The summed E-state index contributed by atoms with van der Waals surface area (Å²) in [5, 5.41) is 9.62. The standard InChI is InChI=1S/C18H19FO2/c1-11-10-12(8-9-15(11)19)13-6-5-7-14(18(2,3)4)16(13)17(20)21/h5-10H,1-4H3,(H,20,21). The Labute approximate surface area is 124 Å². The number of carbonyl (C=O) groups is 1. The Hall–Kier alpha value is -2.16. The van der Waals surface area contributed by atoms with Crippen LogP contribution in [0.4, 0.5) is 4.39 Å². The van der Waals surface area contributed by atoms with E-state index < -0.39 is 5.97 Å². The van der Waals surface area contributed by atoms with Crippen molar-refractivity contribution < 1.29 is 14.3 Å². The first kappa shape index (κ1) is 15.2. The minimum absolute atomic E-state index is 0.279. The molecule has 3 heteroatoms. The zero-order chi connectivity index (χ0) is 15.8. The number of carboxylic acid groups (broad SMARTS) is 1. The highest BCUT2D eigenvalue weighted by Gasteiger charge is 2.24. The average Bonchev–Trinajstić information content (AvgIpc) is 2.40. The number of hydrogen-bond donors (Lipinski definition) is 1. The van der Waals surface area contributed by atoms with Gasteiger partial charge in [-0.3, -0.25) is 0 Å². The molecule has 0 aromatic heterocycles. The fourth-order valence-corrected chi connectivity index (χ4v) is 2.46. The fourth-order valence-electron chi connectivity index (χ4n) is 2.46. The van der Waals surface area contributed by atoms with Gasteiger partial charge in [-0.1, -0.05) is 45.0 Å². The van der Waals surface area contributed by atoms with Gasteiger partial charge in [0, 0.05) is 0 Å². The third-order valence-corrected chi connectivity index (χ3v) is 3.56. The molecule has 0 atom stereocenters. The summed E-state index contributed by atoms with van der Waals surface area (Å²) >= 11 is 0. The predicted molar refractivity (Wildman–Crippen MR) is 82.2 cm³/mol. The first-order valence-corrected chi connectivity index (χ1v) is 6.85. The van der Waals surface area contributed by atoms with E-state index in [9.17, 15) is 14.3 Å². The minimum atomic E-state index is -0.961. The molecule has 0 saturated heterocycles. The van der Waals surface area contributed by atoms with Gasteiger partial charge in [-0.2, -0.15) is 0 Å². The van der Waals surface area contributed by atoms with Crippen LogP contribution >= 0.6 is 0 Å². The highest BCUT2D eigenvalue weighted by atomic mass is 19.1. The Morgan fingerprint density at radius 1 is 1.14 bits per heavy atom. The molecule has 0 radical (unpaired) electrons. The van der Waals surface area contributed by atoms with Crippen LogP contribution in [0.3, 0.4) is 0 Å². The lowest BCUT2D eigenvalue weighted by Gasteiger charge is -2.23. The molecule has 0 aliphatic heterocycles. The van der Waals surface area contributed by atoms with Gasteiger partial charge in [-0.25, -0.2) is 9.18 Å². The van der Waals surface area contributed by atoms with Gasteiger partial charge >= 0.3 is 5.97 Å². The molecule has 2 aromatic rings. The Balaban J connectivity index is 2.74. The van der Waals surface area contributed by atoms with Crippen molar-refractivity contribution in [2.45, 2.75) is 33.1 Å². The van der Waals surface area contributed by atoms with E-state index >= 15 is 0 Å². The highest BCUT2D eigenvalue weighted by Crippen LogP contribution is 2.33. The van der Waals surface area contributed by atoms with Crippen LogP contribution < -0.4 is 0 Å². The topological polar surface area (TPSA) is 37.3 Å². The highest BCUT2D eigenvalue weighted by molar-refractivity contribution is 5.98.